The minimum atomic E-state index is -1.08. The van der Waals surface area contributed by atoms with Gasteiger partial charge in [0.1, 0.15) is 60.9 Å². The average Bonchev–Trinajstić information content (AvgIpc) is 1.51. The molecular formula is C124H134N4O16. The number of hydrogen-bond donors (Lipinski definition) is 0. The highest BCUT2D eigenvalue weighted by Gasteiger charge is 2.48. The lowest BCUT2D eigenvalue weighted by atomic mass is 9.76. The van der Waals surface area contributed by atoms with Crippen LogP contribution in [0.3, 0.4) is 0 Å². The third kappa shape index (κ3) is 19.9. The van der Waals surface area contributed by atoms with Gasteiger partial charge in [-0.25, -0.2) is 0 Å². The van der Waals surface area contributed by atoms with Gasteiger partial charge in [0.25, 0.3) is 0 Å². The summed E-state index contributed by atoms with van der Waals surface area (Å²) < 4.78 is 74.6. The van der Waals surface area contributed by atoms with E-state index in [1.165, 1.54) is 90.7 Å². The molecule has 2 unspecified atom stereocenters. The van der Waals surface area contributed by atoms with E-state index in [0.717, 1.165) is 230 Å². The van der Waals surface area contributed by atoms with E-state index in [9.17, 15) is 19.2 Å². The third-order valence-electron chi connectivity index (χ3n) is 30.9. The Morgan fingerprint density at radius 3 is 1.05 bits per heavy atom. The fourth-order valence-corrected chi connectivity index (χ4v) is 23.2. The lowest BCUT2D eigenvalue weighted by molar-refractivity contribution is -0.150. The molecule has 2 aliphatic carbocycles. The first-order chi connectivity index (χ1) is 70.3. The van der Waals surface area contributed by atoms with Gasteiger partial charge in [-0.05, 0) is 251 Å². The van der Waals surface area contributed by atoms with E-state index in [1.807, 2.05) is 24.3 Å². The molecule has 4 fully saturated rings. The van der Waals surface area contributed by atoms with Gasteiger partial charge >= 0.3 is 23.9 Å². The van der Waals surface area contributed by atoms with Crippen molar-refractivity contribution >= 4 is 80.3 Å². The summed E-state index contributed by atoms with van der Waals surface area (Å²) in [6.07, 6.45) is 23.0. The first kappa shape index (κ1) is 97.9. The molecule has 0 amide bonds. The zero-order chi connectivity index (χ0) is 99.1. The smallest absolute Gasteiger partial charge is 0.306 e. The van der Waals surface area contributed by atoms with Gasteiger partial charge in [0.15, 0.2) is 11.2 Å². The van der Waals surface area contributed by atoms with Crippen LogP contribution in [0.15, 0.2) is 218 Å². The number of unbranched alkanes of at least 4 members (excludes halogenated alkanes) is 7. The van der Waals surface area contributed by atoms with Gasteiger partial charge in [0.05, 0.1) is 90.9 Å². The molecule has 6 aliphatic heterocycles. The molecule has 746 valence electrons. The second-order valence-electron chi connectivity index (χ2n) is 40.7. The normalized spacial score (nSPS) is 17.8. The van der Waals surface area contributed by atoms with Crippen molar-refractivity contribution in [1.29, 1.82) is 0 Å². The van der Waals surface area contributed by atoms with Gasteiger partial charge in [-0.3, -0.25) is 19.2 Å². The average molecular weight is 1940 g/mol. The number of esters is 4. The molecule has 12 aromatic rings. The van der Waals surface area contributed by atoms with Crippen molar-refractivity contribution in [2.45, 2.75) is 179 Å². The number of rotatable bonds is 37. The summed E-state index contributed by atoms with van der Waals surface area (Å²) in [5.41, 5.74) is 24.7. The number of anilines is 4. The van der Waals surface area contributed by atoms with E-state index in [-0.39, 0.29) is 65.3 Å². The highest BCUT2D eigenvalue weighted by molar-refractivity contribution is 6.13. The molecule has 20 heteroatoms. The van der Waals surface area contributed by atoms with Gasteiger partial charge in [-0.1, -0.05) is 200 Å². The standard InChI is InChI=1S/C124H134N4O16/c1-83-27-17-19-29-95(83)85-31-49-97-105(77-85)121(3,4)117-99-55-57-123(87-33-41-91(42-34-87)125-63-69-135-70-64-125,143-119(99)103-81-109(133-7)107(79-101(103)115(97)117)127-59-21-15-22-60-127)89-37-45-93(46-38-89)137-73-75-141-113(131)53-51-111(129)139-67-25-13-11-9-10-12-14-26-68-140-112(130)52-54-114(132)142-76-74-138-94-47-39-90(40-48-94)124(88-35-43-92(44-36-88)126-65-71-136-72-66-126)58-56-100-118-116(98-50-32-86(78-106(98)122(118,5)6)96-30-20-18-28-84(96)2)102-80-108(128-61-23-16-24-62-128)110(134-8)82-104(102)120(100)144-124/h17-20,27-50,55-58,77-82H,9-16,21-26,51-54,59-76H2,1-8H3. The SMILES string of the molecule is COc1cc2c3c(c4c(c2cc1N1CCCCC1)-c1ccc(-c2ccccc2C)cc1C4(C)C)C=CC(c1ccc(OCCOC(=O)CCC(=O)OCCCCCCCCCCOC(=O)CCC(=O)OCCOc2ccc(C4(c5ccc(N6CCOCC6)cc5)C=Cc5c6c(c7cc(N8CCCCC8)c(OC)cc7c5O4)-c4ccc(-c5ccccc5C)cc4C6(C)C)cc2)cc1)(c1ccc(N2CCOCC2)cc1)O3. The van der Waals surface area contributed by atoms with Crippen LogP contribution in [-0.4, -0.2) is 157 Å². The first-order valence-corrected chi connectivity index (χ1v) is 52.4. The maximum Gasteiger partial charge on any atom is 0.306 e. The third-order valence-corrected chi connectivity index (χ3v) is 30.9. The molecule has 0 N–H and O–H groups in total. The number of carbonyl (C=O) groups excluding carboxylic acids is 4. The predicted octanol–water partition coefficient (Wildman–Crippen LogP) is 25.2. The summed E-state index contributed by atoms with van der Waals surface area (Å²) in [7, 11) is 3.56. The molecule has 20 nitrogen and oxygen atoms in total. The number of ether oxygens (including phenoxy) is 12. The number of aryl methyl sites for hydroxylation is 2. The maximum atomic E-state index is 12.9. The van der Waals surface area contributed by atoms with Crippen LogP contribution >= 0.6 is 0 Å². The Bertz CT molecular complexity index is 6370. The number of piperidine rings is 2. The number of benzene rings is 12. The summed E-state index contributed by atoms with van der Waals surface area (Å²) in [4.78, 5) is 61.1. The molecule has 12 aromatic carbocycles. The number of nitrogens with zero attached hydrogens (tertiary/aromatic N) is 4. The molecule has 0 saturated carbocycles. The number of hydrogen-bond acceptors (Lipinski definition) is 20. The Balaban J connectivity index is 0.389. The fraction of sp³-hybridized carbons (Fsp3) is 0.387. The van der Waals surface area contributed by atoms with Crippen LogP contribution in [0, 0.1) is 13.8 Å². The number of carbonyl (C=O) groups is 4. The Morgan fingerprint density at radius 1 is 0.340 bits per heavy atom. The van der Waals surface area contributed by atoms with Crippen molar-refractivity contribution in [1.82, 2.24) is 0 Å². The second-order valence-corrected chi connectivity index (χ2v) is 40.7. The summed E-state index contributed by atoms with van der Waals surface area (Å²) in [5.74, 6) is 2.57. The van der Waals surface area contributed by atoms with Gasteiger partial charge < -0.3 is 76.4 Å². The van der Waals surface area contributed by atoms with E-state index in [0.29, 0.717) is 37.9 Å². The van der Waals surface area contributed by atoms with Crippen LogP contribution < -0.4 is 48.0 Å². The lowest BCUT2D eigenvalue weighted by Gasteiger charge is -2.39. The molecule has 0 spiro atoms. The van der Waals surface area contributed by atoms with Crippen molar-refractivity contribution in [3.63, 3.8) is 0 Å². The monoisotopic (exact) mass is 1930 g/mol. The molecule has 144 heavy (non-hydrogen) atoms. The largest absolute Gasteiger partial charge is 0.495 e. The minimum Gasteiger partial charge on any atom is -0.495 e. The van der Waals surface area contributed by atoms with E-state index in [1.54, 1.807) is 14.2 Å². The number of fused-ring (bicyclic) bond motifs is 16. The van der Waals surface area contributed by atoms with Gasteiger partial charge in [0, 0.05) is 119 Å². The molecular weight excluding hydrogens is 1800 g/mol. The van der Waals surface area contributed by atoms with Gasteiger partial charge in [-0.15, -0.1) is 0 Å². The van der Waals surface area contributed by atoms with Crippen LogP contribution in [0.2, 0.25) is 0 Å². The lowest BCUT2D eigenvalue weighted by Crippen LogP contribution is -2.37. The van der Waals surface area contributed by atoms with E-state index >= 15 is 0 Å². The molecule has 20 rings (SSSR count). The molecule has 4 saturated heterocycles. The molecule has 2 atom stereocenters. The maximum absolute atomic E-state index is 12.9. The van der Waals surface area contributed by atoms with E-state index in [4.69, 9.17) is 56.8 Å². The Morgan fingerprint density at radius 2 is 0.688 bits per heavy atom. The molecule has 0 aromatic heterocycles. The van der Waals surface area contributed by atoms with Gasteiger partial charge in [-0.2, -0.15) is 0 Å². The van der Waals surface area contributed by atoms with Crippen molar-refractivity contribution in [3.05, 3.63) is 285 Å². The summed E-state index contributed by atoms with van der Waals surface area (Å²) >= 11 is 0. The van der Waals surface area contributed by atoms with Crippen molar-refractivity contribution in [2.75, 3.05) is 152 Å². The number of methoxy groups -OCH3 is 2. The number of morpholine rings is 2. The molecule has 8 aliphatic rings. The topological polar surface area (TPSA) is 192 Å². The Hall–Kier alpha value is -13.6. The van der Waals surface area contributed by atoms with Crippen LogP contribution in [0.4, 0.5) is 22.7 Å². The van der Waals surface area contributed by atoms with Gasteiger partial charge in [0.2, 0.25) is 0 Å². The molecule has 6 heterocycles. The first-order valence-electron chi connectivity index (χ1n) is 52.4. The van der Waals surface area contributed by atoms with Crippen LogP contribution in [0.5, 0.6) is 34.5 Å². The fourth-order valence-electron chi connectivity index (χ4n) is 23.2. The summed E-state index contributed by atoms with van der Waals surface area (Å²) in [5, 5.41) is 4.24. The highest BCUT2D eigenvalue weighted by Crippen LogP contribution is 2.63. The van der Waals surface area contributed by atoms with E-state index < -0.39 is 45.9 Å². The molecule has 0 radical (unpaired) electrons. The summed E-state index contributed by atoms with van der Waals surface area (Å²) in [6, 6.07) is 74.1. The van der Waals surface area contributed by atoms with Crippen molar-refractivity contribution in [3.8, 4) is 79.0 Å². The van der Waals surface area contributed by atoms with Crippen molar-refractivity contribution < 1.29 is 76.0 Å². The van der Waals surface area contributed by atoms with Crippen LogP contribution in [0.25, 0.3) is 78.2 Å². The highest BCUT2D eigenvalue weighted by atomic mass is 16.6. The van der Waals surface area contributed by atoms with Crippen molar-refractivity contribution in [2.24, 2.45) is 0 Å². The Kier molecular flexibility index (Phi) is 29.3. The second kappa shape index (κ2) is 43.2. The summed E-state index contributed by atoms with van der Waals surface area (Å²) in [6.45, 7) is 24.5. The zero-order valence-corrected chi connectivity index (χ0v) is 84.7. The van der Waals surface area contributed by atoms with Crippen LogP contribution in [0.1, 0.15) is 210 Å². The van der Waals surface area contributed by atoms with Crippen LogP contribution in [-0.2, 0) is 69.6 Å². The zero-order valence-electron chi connectivity index (χ0n) is 84.7. The van der Waals surface area contributed by atoms with E-state index in [2.05, 4.69) is 267 Å². The predicted molar refractivity (Wildman–Crippen MR) is 572 cm³/mol. The molecule has 0 bridgehead atoms. The minimum absolute atomic E-state index is 0.00622. The Labute approximate surface area is 846 Å². The quantitative estimate of drug-likeness (QED) is 0.0203.